The van der Waals surface area contributed by atoms with E-state index in [1.807, 2.05) is 0 Å². The summed E-state index contributed by atoms with van der Waals surface area (Å²) in [6.07, 6.45) is 1.87. The van der Waals surface area contributed by atoms with Crippen molar-refractivity contribution in [2.45, 2.75) is 72.1 Å². The first kappa shape index (κ1) is 23.4. The number of nitrogens with zero attached hydrogens (tertiary/aromatic N) is 2. The normalized spacial score (nSPS) is 15.2. The average Bonchev–Trinajstić information content (AvgIpc) is 2.53. The molecule has 0 aromatic rings. The molecule has 1 amide bonds. The highest BCUT2D eigenvalue weighted by Crippen LogP contribution is 2.29. The van der Waals surface area contributed by atoms with Crippen molar-refractivity contribution in [1.29, 1.82) is 0 Å². The van der Waals surface area contributed by atoms with E-state index in [4.69, 9.17) is 9.47 Å². The molecule has 0 saturated heterocycles. The molecule has 9 heteroatoms. The van der Waals surface area contributed by atoms with Gasteiger partial charge in [0.1, 0.15) is 12.8 Å². The summed E-state index contributed by atoms with van der Waals surface area (Å²) in [5, 5.41) is 16.4. The molecule has 1 fully saturated rings. The summed E-state index contributed by atoms with van der Waals surface area (Å²) in [4.78, 5) is 39.3. The van der Waals surface area contributed by atoms with Crippen molar-refractivity contribution in [3.63, 3.8) is 0 Å². The number of aliphatic hydroxyl groups excluding tert-OH is 1. The third kappa shape index (κ3) is 7.92. The Labute approximate surface area is 164 Å². The number of carbonyl (C=O) groups is 3. The van der Waals surface area contributed by atoms with Crippen molar-refractivity contribution < 1.29 is 33.8 Å². The van der Waals surface area contributed by atoms with Crippen LogP contribution in [0.15, 0.2) is 16.4 Å². The van der Waals surface area contributed by atoms with Crippen LogP contribution in [-0.2, 0) is 19.1 Å². The summed E-state index contributed by atoms with van der Waals surface area (Å²) in [5.41, 5.74) is 0.123. The number of esters is 1. The fourth-order valence-corrected chi connectivity index (χ4v) is 2.29. The first-order valence-corrected chi connectivity index (χ1v) is 9.28. The molecule has 0 radical (unpaired) electrons. The molecule has 1 unspecified atom stereocenters. The zero-order chi connectivity index (χ0) is 21.3. The Morgan fingerprint density at radius 3 is 2.43 bits per heavy atom. The van der Waals surface area contributed by atoms with Crippen LogP contribution in [0.25, 0.3) is 0 Å². The maximum absolute atomic E-state index is 12.2. The Balaban J connectivity index is 2.69. The summed E-state index contributed by atoms with van der Waals surface area (Å²) in [6.45, 7) is 6.49. The third-order valence-corrected chi connectivity index (χ3v) is 4.10. The van der Waals surface area contributed by atoms with Crippen LogP contribution in [0.4, 0.5) is 4.79 Å². The number of allylic oxidation sites excluding steroid dienone is 1. The molecule has 2 N–H and O–H groups in total. The number of carbonyl (C=O) groups excluding carboxylic acids is 3. The second-order valence-electron chi connectivity index (χ2n) is 7.62. The van der Waals surface area contributed by atoms with Gasteiger partial charge in [-0.1, -0.05) is 0 Å². The van der Waals surface area contributed by atoms with E-state index < -0.39 is 29.8 Å². The first-order chi connectivity index (χ1) is 13.0. The molecular weight excluding hydrogens is 366 g/mol. The molecule has 0 aromatic heterocycles. The van der Waals surface area contributed by atoms with E-state index in [0.717, 1.165) is 31.1 Å². The number of aliphatic hydroxyl groups is 1. The number of hydrogen-bond donors (Lipinski definition) is 2. The molecule has 0 heterocycles. The van der Waals surface area contributed by atoms with Crippen LogP contribution in [-0.4, -0.2) is 53.3 Å². The van der Waals surface area contributed by atoms with Gasteiger partial charge in [0.25, 0.3) is 0 Å². The Bertz CT molecular complexity index is 680. The zero-order valence-electron chi connectivity index (χ0n) is 17.2. The van der Waals surface area contributed by atoms with E-state index in [1.54, 1.807) is 20.8 Å². The van der Waals surface area contributed by atoms with Gasteiger partial charge in [0, 0.05) is 13.3 Å². The molecule has 2 atom stereocenters. The fourth-order valence-electron chi connectivity index (χ4n) is 2.29. The average molecular weight is 396 g/mol. The predicted molar refractivity (Wildman–Crippen MR) is 101 cm³/mol. The van der Waals surface area contributed by atoms with Gasteiger partial charge in [-0.3, -0.25) is 9.59 Å². The van der Waals surface area contributed by atoms with Crippen LogP contribution in [0.3, 0.4) is 0 Å². The highest BCUT2D eigenvalue weighted by Gasteiger charge is 2.28. The van der Waals surface area contributed by atoms with E-state index in [-0.39, 0.29) is 24.4 Å². The van der Waals surface area contributed by atoms with Crippen LogP contribution in [0.1, 0.15) is 59.8 Å². The molecule has 1 rings (SSSR count). The van der Waals surface area contributed by atoms with Gasteiger partial charge in [-0.2, -0.15) is 0 Å². The maximum Gasteiger partial charge on any atom is 0.410 e. The largest absolute Gasteiger partial charge is 0.510 e. The number of alkyl carbamates (subject to hydrolysis) is 1. The molecule has 1 saturated carbocycles. The highest BCUT2D eigenvalue weighted by atomic mass is 16.7. The van der Waals surface area contributed by atoms with E-state index >= 15 is 0 Å². The topological polar surface area (TPSA) is 128 Å². The van der Waals surface area contributed by atoms with Crippen molar-refractivity contribution in [1.82, 2.24) is 5.32 Å². The predicted octanol–water partition coefficient (Wildman–Crippen LogP) is 2.72. The van der Waals surface area contributed by atoms with Crippen molar-refractivity contribution in [2.75, 3.05) is 7.05 Å². The van der Waals surface area contributed by atoms with E-state index in [0.29, 0.717) is 0 Å². The summed E-state index contributed by atoms with van der Waals surface area (Å²) < 4.78 is 10.1. The van der Waals surface area contributed by atoms with Gasteiger partial charge in [0.05, 0.1) is 21.4 Å². The van der Waals surface area contributed by atoms with Crippen LogP contribution in [0, 0.1) is 5.41 Å². The number of Topliss-reactive ketones (excluding diaryl/α,β-unsaturated/α-hetero) is 1. The molecule has 1 aliphatic rings. The quantitative estimate of drug-likeness (QED) is 0.162. The first-order valence-electron chi connectivity index (χ1n) is 9.28. The van der Waals surface area contributed by atoms with Crippen molar-refractivity contribution in [2.24, 2.45) is 10.5 Å². The minimum atomic E-state index is -1.09. The summed E-state index contributed by atoms with van der Waals surface area (Å²) in [6, 6.07) is -0.774. The lowest BCUT2D eigenvalue weighted by Crippen LogP contribution is -2.40. The Kier molecular flexibility index (Phi) is 8.85. The number of nitrogens with one attached hydrogen (secondary N) is 1. The highest BCUT2D eigenvalue weighted by molar-refractivity contribution is 6.25. The van der Waals surface area contributed by atoms with E-state index in [1.165, 1.54) is 14.0 Å². The van der Waals surface area contributed by atoms with E-state index in [9.17, 15) is 19.5 Å². The molecule has 0 spiro atoms. The zero-order valence-corrected chi connectivity index (χ0v) is 17.2. The van der Waals surface area contributed by atoms with Gasteiger partial charge in [-0.15, -0.1) is 0 Å². The molecule has 28 heavy (non-hydrogen) atoms. The monoisotopic (exact) mass is 396 g/mol. The number of rotatable bonds is 8. The van der Waals surface area contributed by atoms with Gasteiger partial charge in [-0.25, -0.2) is 4.79 Å². The minimum Gasteiger partial charge on any atom is -0.510 e. The minimum absolute atomic E-state index is 0.0486. The molecule has 1 aliphatic carbocycles. The van der Waals surface area contributed by atoms with E-state index in [2.05, 4.69) is 15.2 Å². The van der Waals surface area contributed by atoms with Crippen molar-refractivity contribution in [3.8, 4) is 0 Å². The lowest BCUT2D eigenvalue weighted by Gasteiger charge is -2.25. The van der Waals surface area contributed by atoms with Crippen molar-refractivity contribution in [3.05, 3.63) is 11.3 Å². The molecule has 156 valence electrons. The summed E-state index contributed by atoms with van der Waals surface area (Å²) >= 11 is 0. The Morgan fingerprint density at radius 2 is 1.93 bits per heavy atom. The molecule has 0 aliphatic heterocycles. The van der Waals surface area contributed by atoms with Gasteiger partial charge in [0.15, 0.2) is 0 Å². The number of ether oxygens (including phenoxy) is 2. The third-order valence-electron chi connectivity index (χ3n) is 4.10. The van der Waals surface area contributed by atoms with Gasteiger partial charge < -0.3 is 19.9 Å². The number of hydrogen-bond acceptors (Lipinski definition) is 7. The van der Waals surface area contributed by atoms with Crippen molar-refractivity contribution >= 4 is 24.1 Å². The summed E-state index contributed by atoms with van der Waals surface area (Å²) in [5.74, 6) is -0.730. The fraction of sp³-hybridized carbons (Fsp3) is 0.684. The SMILES string of the molecule is CN=[N+]=CC(=O)CC[C@H](NC(=O)OC(C)OC(=O)C(C)(C)C)C(O)=C1CCC1. The van der Waals surface area contributed by atoms with Crippen LogP contribution in [0.2, 0.25) is 0 Å². The number of amides is 1. The van der Waals surface area contributed by atoms with Gasteiger partial charge in [0.2, 0.25) is 12.1 Å². The van der Waals surface area contributed by atoms with Crippen LogP contribution >= 0.6 is 0 Å². The number of ketones is 1. The molecule has 0 bridgehead atoms. The van der Waals surface area contributed by atoms with Crippen LogP contribution in [0.5, 0.6) is 0 Å². The molecule has 9 nitrogen and oxygen atoms in total. The second kappa shape index (κ2) is 10.6. The van der Waals surface area contributed by atoms with Gasteiger partial charge >= 0.3 is 18.3 Å². The standard InChI is InChI=1S/C19H29N3O6/c1-12(27-17(25)19(2,3)4)28-18(26)22-15(16(24)13-7-6-8-13)10-9-14(23)11-21-20-5/h11-12,15H,6-10H2,1-5H3,(H-,22,24,26)/p+1/t12?,15-/m0/s1. The lowest BCUT2D eigenvalue weighted by atomic mass is 9.88. The Hall–Kier alpha value is -2.67. The second-order valence-corrected chi connectivity index (χ2v) is 7.62. The lowest BCUT2D eigenvalue weighted by molar-refractivity contribution is -0.174. The summed E-state index contributed by atoms with van der Waals surface area (Å²) in [7, 11) is 1.45. The maximum atomic E-state index is 12.2. The Morgan fingerprint density at radius 1 is 1.29 bits per heavy atom. The smallest absolute Gasteiger partial charge is 0.410 e. The molecule has 0 aromatic carbocycles. The van der Waals surface area contributed by atoms with Gasteiger partial charge in [-0.05, 0) is 52.0 Å². The van der Waals surface area contributed by atoms with Crippen LogP contribution < -0.4 is 5.32 Å². The molecular formula is C19H30N3O6+.